The van der Waals surface area contributed by atoms with Crippen molar-refractivity contribution in [3.8, 4) is 0 Å². The average molecular weight is 291 g/mol. The molecule has 1 heterocycles. The zero-order chi connectivity index (χ0) is 13.2. The molecule has 0 aliphatic heterocycles. The number of nitrogens with zero attached hydrogens (tertiary/aromatic N) is 1. The Morgan fingerprint density at radius 1 is 1.50 bits per heavy atom. The Morgan fingerprint density at radius 3 is 2.89 bits per heavy atom. The van der Waals surface area contributed by atoms with E-state index in [0.717, 1.165) is 12.8 Å². The zero-order valence-corrected chi connectivity index (χ0v) is 11.5. The van der Waals surface area contributed by atoms with Crippen molar-refractivity contribution >= 4 is 21.6 Å². The topological polar surface area (TPSA) is 68.3 Å². The summed E-state index contributed by atoms with van der Waals surface area (Å²) in [6, 6.07) is 1.36. The van der Waals surface area contributed by atoms with Gasteiger partial charge in [-0.05, 0) is 25.3 Å². The fourth-order valence-corrected chi connectivity index (χ4v) is 3.82. The van der Waals surface area contributed by atoms with Crippen LogP contribution in [0.1, 0.15) is 19.3 Å². The van der Waals surface area contributed by atoms with Gasteiger partial charge in [-0.25, -0.2) is 13.1 Å². The molecule has 100 valence electrons. The largest absolute Gasteiger partial charge is 0.381 e. The molecule has 0 spiro atoms. The van der Waals surface area contributed by atoms with Crippen LogP contribution in [0.25, 0.3) is 0 Å². The van der Waals surface area contributed by atoms with E-state index in [4.69, 9.17) is 16.3 Å². The molecule has 1 N–H and O–H groups in total. The van der Waals surface area contributed by atoms with Crippen molar-refractivity contribution in [1.82, 2.24) is 9.71 Å². The molecule has 0 radical (unpaired) electrons. The zero-order valence-electron chi connectivity index (χ0n) is 9.97. The first-order valence-corrected chi connectivity index (χ1v) is 7.53. The number of sulfonamides is 1. The van der Waals surface area contributed by atoms with Crippen LogP contribution in [0.2, 0.25) is 5.02 Å². The molecule has 0 saturated heterocycles. The summed E-state index contributed by atoms with van der Waals surface area (Å²) >= 11 is 5.87. The summed E-state index contributed by atoms with van der Waals surface area (Å²) in [4.78, 5) is 3.81. The Bertz CT molecular complexity index is 521. The van der Waals surface area contributed by atoms with Crippen LogP contribution >= 0.6 is 11.6 Å². The van der Waals surface area contributed by atoms with Gasteiger partial charge in [-0.1, -0.05) is 11.6 Å². The fraction of sp³-hybridized carbons (Fsp3) is 0.545. The van der Waals surface area contributed by atoms with Gasteiger partial charge in [0.1, 0.15) is 4.90 Å². The third-order valence-electron chi connectivity index (χ3n) is 3.06. The van der Waals surface area contributed by atoms with E-state index in [9.17, 15) is 8.42 Å². The third-order valence-corrected chi connectivity index (χ3v) is 5.05. The molecular formula is C11H15ClN2O3S. The summed E-state index contributed by atoms with van der Waals surface area (Å²) < 4.78 is 32.1. The first kappa shape index (κ1) is 13.7. The molecule has 2 rings (SSSR count). The minimum absolute atomic E-state index is 0.0209. The van der Waals surface area contributed by atoms with Crippen molar-refractivity contribution in [2.24, 2.45) is 0 Å². The molecule has 0 amide bonds. The number of hydrogen-bond donors (Lipinski definition) is 1. The van der Waals surface area contributed by atoms with Gasteiger partial charge in [0, 0.05) is 25.5 Å². The number of hydrogen-bond acceptors (Lipinski definition) is 4. The van der Waals surface area contributed by atoms with Crippen molar-refractivity contribution in [2.75, 3.05) is 7.11 Å². The van der Waals surface area contributed by atoms with Gasteiger partial charge in [0.15, 0.2) is 0 Å². The average Bonchev–Trinajstić information content (AvgIpc) is 2.76. The van der Waals surface area contributed by atoms with Crippen LogP contribution in [0.3, 0.4) is 0 Å². The standard InChI is InChI=1S/C11H15ClN2O3S/c1-17-9-3-2-8(6-9)14-18(15,16)11-7-13-5-4-10(11)12/h4-5,7-9,14H,2-3,6H2,1H3. The minimum Gasteiger partial charge on any atom is -0.381 e. The molecule has 2 atom stereocenters. The Hall–Kier alpha value is -0.690. The summed E-state index contributed by atoms with van der Waals surface area (Å²) in [6.45, 7) is 0. The van der Waals surface area contributed by atoms with E-state index < -0.39 is 10.0 Å². The lowest BCUT2D eigenvalue weighted by atomic mass is 10.3. The van der Waals surface area contributed by atoms with Crippen LogP contribution < -0.4 is 4.72 Å². The maximum atomic E-state index is 12.1. The van der Waals surface area contributed by atoms with E-state index in [2.05, 4.69) is 9.71 Å². The Morgan fingerprint density at radius 2 is 2.28 bits per heavy atom. The first-order chi connectivity index (χ1) is 8.53. The smallest absolute Gasteiger partial charge is 0.243 e. The van der Waals surface area contributed by atoms with Crippen molar-refractivity contribution in [2.45, 2.75) is 36.3 Å². The second-order valence-electron chi connectivity index (χ2n) is 4.30. The van der Waals surface area contributed by atoms with Gasteiger partial charge in [-0.15, -0.1) is 0 Å². The number of aromatic nitrogens is 1. The van der Waals surface area contributed by atoms with Crippen LogP contribution in [-0.2, 0) is 14.8 Å². The number of nitrogens with one attached hydrogen (secondary N) is 1. The lowest BCUT2D eigenvalue weighted by molar-refractivity contribution is 0.107. The van der Waals surface area contributed by atoms with Gasteiger partial charge in [-0.3, -0.25) is 4.98 Å². The van der Waals surface area contributed by atoms with Crippen LogP contribution in [0.4, 0.5) is 0 Å². The number of halogens is 1. The van der Waals surface area contributed by atoms with Crippen LogP contribution in [0.15, 0.2) is 23.4 Å². The maximum Gasteiger partial charge on any atom is 0.243 e. The summed E-state index contributed by atoms with van der Waals surface area (Å²) in [5.41, 5.74) is 0. The summed E-state index contributed by atoms with van der Waals surface area (Å²) in [6.07, 6.45) is 5.17. The maximum absolute atomic E-state index is 12.1. The number of methoxy groups -OCH3 is 1. The van der Waals surface area contributed by atoms with E-state index in [1.807, 2.05) is 0 Å². The normalized spacial score (nSPS) is 24.3. The van der Waals surface area contributed by atoms with E-state index in [0.29, 0.717) is 6.42 Å². The molecule has 1 aromatic heterocycles. The van der Waals surface area contributed by atoms with Crippen LogP contribution in [-0.4, -0.2) is 32.7 Å². The molecule has 18 heavy (non-hydrogen) atoms. The van der Waals surface area contributed by atoms with Crippen molar-refractivity contribution in [3.63, 3.8) is 0 Å². The lowest BCUT2D eigenvalue weighted by Gasteiger charge is -2.13. The molecule has 2 unspecified atom stereocenters. The predicted molar refractivity (Wildman–Crippen MR) is 68.0 cm³/mol. The molecule has 5 nitrogen and oxygen atoms in total. The molecule has 1 aliphatic rings. The minimum atomic E-state index is -3.61. The third kappa shape index (κ3) is 3.00. The van der Waals surface area contributed by atoms with Gasteiger partial charge >= 0.3 is 0 Å². The summed E-state index contributed by atoms with van der Waals surface area (Å²) in [7, 11) is -1.97. The van der Waals surface area contributed by atoms with E-state index in [-0.39, 0.29) is 22.1 Å². The van der Waals surface area contributed by atoms with E-state index >= 15 is 0 Å². The fourth-order valence-electron chi connectivity index (χ4n) is 2.10. The highest BCUT2D eigenvalue weighted by atomic mass is 35.5. The monoisotopic (exact) mass is 290 g/mol. The quantitative estimate of drug-likeness (QED) is 0.914. The highest BCUT2D eigenvalue weighted by molar-refractivity contribution is 7.89. The number of ether oxygens (including phenoxy) is 1. The van der Waals surface area contributed by atoms with Gasteiger partial charge in [0.2, 0.25) is 10.0 Å². The van der Waals surface area contributed by atoms with Gasteiger partial charge in [-0.2, -0.15) is 0 Å². The molecule has 1 aliphatic carbocycles. The molecule has 0 bridgehead atoms. The van der Waals surface area contributed by atoms with E-state index in [1.54, 1.807) is 7.11 Å². The molecule has 0 aromatic carbocycles. The molecule has 1 aromatic rings. The first-order valence-electron chi connectivity index (χ1n) is 5.67. The highest BCUT2D eigenvalue weighted by Crippen LogP contribution is 2.25. The molecular weight excluding hydrogens is 276 g/mol. The second-order valence-corrected chi connectivity index (χ2v) is 6.38. The molecule has 1 fully saturated rings. The van der Waals surface area contributed by atoms with Gasteiger partial charge < -0.3 is 4.74 Å². The van der Waals surface area contributed by atoms with Crippen LogP contribution in [0.5, 0.6) is 0 Å². The van der Waals surface area contributed by atoms with Crippen LogP contribution in [0, 0.1) is 0 Å². The van der Waals surface area contributed by atoms with Gasteiger partial charge in [0.05, 0.1) is 11.1 Å². The number of pyridine rings is 1. The lowest BCUT2D eigenvalue weighted by Crippen LogP contribution is -2.33. The predicted octanol–water partition coefficient (Wildman–Crippen LogP) is 1.58. The number of rotatable bonds is 4. The Balaban J connectivity index is 2.11. The molecule has 1 saturated carbocycles. The van der Waals surface area contributed by atoms with Crippen molar-refractivity contribution in [1.29, 1.82) is 0 Å². The van der Waals surface area contributed by atoms with Crippen molar-refractivity contribution in [3.05, 3.63) is 23.5 Å². The Labute approximate surface area is 112 Å². The summed E-state index contributed by atoms with van der Waals surface area (Å²) in [5.74, 6) is 0. The van der Waals surface area contributed by atoms with E-state index in [1.165, 1.54) is 18.5 Å². The second kappa shape index (κ2) is 5.52. The Kier molecular flexibility index (Phi) is 4.21. The molecule has 7 heteroatoms. The highest BCUT2D eigenvalue weighted by Gasteiger charge is 2.29. The van der Waals surface area contributed by atoms with Crippen molar-refractivity contribution < 1.29 is 13.2 Å². The summed E-state index contributed by atoms with van der Waals surface area (Å²) in [5, 5.41) is 0.179. The van der Waals surface area contributed by atoms with Gasteiger partial charge in [0.25, 0.3) is 0 Å². The SMILES string of the molecule is COC1CCC(NS(=O)(=O)c2cnccc2Cl)C1.